The lowest BCUT2D eigenvalue weighted by molar-refractivity contribution is -0.139. The van der Waals surface area contributed by atoms with Gasteiger partial charge in [0, 0.05) is 6.08 Å². The van der Waals surface area contributed by atoms with E-state index in [1.807, 2.05) is 68.4 Å². The van der Waals surface area contributed by atoms with Crippen molar-refractivity contribution in [3.05, 3.63) is 98.2 Å². The second-order valence-electron chi connectivity index (χ2n) is 10.5. The fourth-order valence-corrected chi connectivity index (χ4v) is 4.20. The third kappa shape index (κ3) is 7.97. The highest BCUT2D eigenvalue weighted by molar-refractivity contribution is 5.87. The number of carbonyl (C=O) groups excluding carboxylic acids is 1. The van der Waals surface area contributed by atoms with Crippen LogP contribution in [0.4, 0.5) is 0 Å². The largest absolute Gasteiger partial charge is 0.483 e. The van der Waals surface area contributed by atoms with Crippen LogP contribution in [0.25, 0.3) is 6.08 Å². The first-order chi connectivity index (χ1) is 20.4. The summed E-state index contributed by atoms with van der Waals surface area (Å²) in [7, 11) is 0. The van der Waals surface area contributed by atoms with Crippen LogP contribution in [0.1, 0.15) is 73.9 Å². The summed E-state index contributed by atoms with van der Waals surface area (Å²) >= 11 is 0. The van der Waals surface area contributed by atoms with Crippen molar-refractivity contribution in [1.82, 2.24) is 29.9 Å². The van der Waals surface area contributed by atoms with Crippen LogP contribution in [0.3, 0.4) is 0 Å². The number of aromatic nitrogens is 6. The van der Waals surface area contributed by atoms with Crippen molar-refractivity contribution in [2.45, 2.75) is 82.1 Å². The van der Waals surface area contributed by atoms with Crippen LogP contribution in [-0.2, 0) is 29.4 Å². The van der Waals surface area contributed by atoms with Gasteiger partial charge in [-0.25, -0.2) is 4.79 Å². The Morgan fingerprint density at radius 1 is 0.558 bits per heavy atom. The van der Waals surface area contributed by atoms with Crippen molar-refractivity contribution in [3.8, 4) is 11.5 Å². The Balaban J connectivity index is 1.52. The minimum absolute atomic E-state index is 0.0431. The number of ether oxygens (including phenoxy) is 3. The van der Waals surface area contributed by atoms with Crippen molar-refractivity contribution >= 4 is 12.0 Å². The summed E-state index contributed by atoms with van der Waals surface area (Å²) < 4.78 is 17.8. The van der Waals surface area contributed by atoms with Gasteiger partial charge in [-0.1, -0.05) is 6.07 Å². The zero-order valence-electron chi connectivity index (χ0n) is 26.3. The van der Waals surface area contributed by atoms with E-state index < -0.39 is 5.97 Å². The number of benzene rings is 1. The van der Waals surface area contributed by atoms with Crippen molar-refractivity contribution < 1.29 is 19.0 Å². The number of nitrogens with zero attached hydrogens (tertiary/aromatic N) is 6. The summed E-state index contributed by atoms with van der Waals surface area (Å²) in [6, 6.07) is 5.45. The van der Waals surface area contributed by atoms with Gasteiger partial charge in [-0.05, 0) is 86.1 Å². The zero-order chi connectivity index (χ0) is 31.3. The van der Waals surface area contributed by atoms with E-state index in [-0.39, 0.29) is 19.8 Å². The Morgan fingerprint density at radius 3 is 1.47 bits per heavy atom. The van der Waals surface area contributed by atoms with Gasteiger partial charge in [0.15, 0.2) is 11.5 Å². The third-order valence-electron chi connectivity index (χ3n) is 7.20. The maximum absolute atomic E-state index is 12.5. The average Bonchev–Trinajstić information content (AvgIpc) is 2.96. The van der Waals surface area contributed by atoms with Crippen molar-refractivity contribution in [2.24, 2.45) is 0 Å². The van der Waals surface area contributed by atoms with Crippen LogP contribution in [0.5, 0.6) is 11.5 Å². The van der Waals surface area contributed by atoms with E-state index >= 15 is 0 Å². The Labute approximate surface area is 252 Å². The summed E-state index contributed by atoms with van der Waals surface area (Å²) in [4.78, 5) is 39.9. The lowest BCUT2D eigenvalue weighted by atomic mass is 10.2. The van der Waals surface area contributed by atoms with Gasteiger partial charge >= 0.3 is 5.97 Å². The zero-order valence-corrected chi connectivity index (χ0v) is 26.3. The monoisotopic (exact) mass is 582 g/mol. The second kappa shape index (κ2) is 13.5. The standard InChI is InChI=1S/C33H38N6O4/c1-18-21(4)37-28(24(7)34-18)15-41-31-12-10-27(14-32(31)42-16-29-25(8)35-19(2)22(5)38-29)11-13-33(40)43-17-30-26(9)36-20(3)23(6)39-30/h10-14H,15-17H2,1-9H3/b13-11+. The molecule has 4 aromatic rings. The normalized spacial score (nSPS) is 11.2. The minimum atomic E-state index is -0.493. The molecule has 0 unspecified atom stereocenters. The highest BCUT2D eigenvalue weighted by Crippen LogP contribution is 2.31. The van der Waals surface area contributed by atoms with Crippen LogP contribution in [0, 0.1) is 62.3 Å². The van der Waals surface area contributed by atoms with E-state index in [1.165, 1.54) is 6.08 Å². The van der Waals surface area contributed by atoms with Crippen molar-refractivity contribution in [1.29, 1.82) is 0 Å². The molecule has 0 N–H and O–H groups in total. The first-order valence-electron chi connectivity index (χ1n) is 14.1. The SMILES string of the molecule is Cc1nc(C)c(COC(=O)/C=C/c2ccc(OCc3nc(C)c(C)nc3C)c(OCc3nc(C)c(C)nc3C)c2)nc1C. The first kappa shape index (κ1) is 31.2. The smallest absolute Gasteiger partial charge is 0.331 e. The van der Waals surface area contributed by atoms with Gasteiger partial charge in [0.25, 0.3) is 0 Å². The lowest BCUT2D eigenvalue weighted by Crippen LogP contribution is -2.09. The van der Waals surface area contributed by atoms with Gasteiger partial charge in [0.05, 0.1) is 68.3 Å². The van der Waals surface area contributed by atoms with Gasteiger partial charge in [-0.2, -0.15) is 0 Å². The number of rotatable bonds is 10. The summed E-state index contributed by atoms with van der Waals surface area (Å²) in [5, 5.41) is 0. The molecule has 0 atom stereocenters. The molecule has 3 heterocycles. The summed E-state index contributed by atoms with van der Waals surface area (Å²) in [6.07, 6.45) is 3.04. The molecule has 0 aliphatic rings. The molecule has 0 saturated heterocycles. The van der Waals surface area contributed by atoms with E-state index in [2.05, 4.69) is 29.9 Å². The summed E-state index contributed by atoms with van der Waals surface area (Å²) in [5.41, 5.74) is 10.3. The molecule has 0 fully saturated rings. The van der Waals surface area contributed by atoms with Gasteiger partial charge in [-0.3, -0.25) is 29.9 Å². The molecule has 10 heteroatoms. The van der Waals surface area contributed by atoms with Crippen molar-refractivity contribution in [2.75, 3.05) is 0 Å². The van der Waals surface area contributed by atoms with Gasteiger partial charge in [-0.15, -0.1) is 0 Å². The molecule has 10 nitrogen and oxygen atoms in total. The molecule has 3 aromatic heterocycles. The molecule has 0 aliphatic heterocycles. The number of carbonyl (C=O) groups is 1. The van der Waals surface area contributed by atoms with E-state index in [0.717, 1.165) is 68.2 Å². The second-order valence-corrected chi connectivity index (χ2v) is 10.5. The van der Waals surface area contributed by atoms with E-state index in [0.29, 0.717) is 17.2 Å². The predicted octanol–water partition coefficient (Wildman–Crippen LogP) is 5.75. The Bertz CT molecular complexity index is 1700. The van der Waals surface area contributed by atoms with Crippen LogP contribution in [-0.4, -0.2) is 35.9 Å². The average molecular weight is 583 g/mol. The topological polar surface area (TPSA) is 122 Å². The maximum Gasteiger partial charge on any atom is 0.331 e. The molecular weight excluding hydrogens is 544 g/mol. The molecule has 4 rings (SSSR count). The lowest BCUT2D eigenvalue weighted by Gasteiger charge is -2.15. The van der Waals surface area contributed by atoms with Crippen molar-refractivity contribution in [3.63, 3.8) is 0 Å². The summed E-state index contributed by atoms with van der Waals surface area (Å²) in [6.45, 7) is 17.6. The molecule has 43 heavy (non-hydrogen) atoms. The third-order valence-corrected chi connectivity index (χ3v) is 7.20. The molecule has 0 spiro atoms. The van der Waals surface area contributed by atoms with Crippen LogP contribution in [0.15, 0.2) is 24.3 Å². The minimum Gasteiger partial charge on any atom is -0.483 e. The fraction of sp³-hybridized carbons (Fsp3) is 0.364. The Hall–Kier alpha value is -4.73. The van der Waals surface area contributed by atoms with E-state index in [9.17, 15) is 4.79 Å². The van der Waals surface area contributed by atoms with Crippen LogP contribution < -0.4 is 9.47 Å². The number of esters is 1. The Kier molecular flexibility index (Phi) is 9.80. The highest BCUT2D eigenvalue weighted by atomic mass is 16.5. The number of hydrogen-bond donors (Lipinski definition) is 0. The first-order valence-corrected chi connectivity index (χ1v) is 14.1. The molecule has 0 bridgehead atoms. The van der Waals surface area contributed by atoms with Gasteiger partial charge in [0.1, 0.15) is 19.8 Å². The van der Waals surface area contributed by atoms with E-state index in [4.69, 9.17) is 14.2 Å². The molecule has 0 amide bonds. The molecule has 0 saturated carbocycles. The fourth-order valence-electron chi connectivity index (χ4n) is 4.20. The quantitative estimate of drug-likeness (QED) is 0.169. The molecule has 1 aromatic carbocycles. The van der Waals surface area contributed by atoms with Gasteiger partial charge in [0.2, 0.25) is 0 Å². The molecular formula is C33H38N6O4. The number of hydrogen-bond acceptors (Lipinski definition) is 10. The van der Waals surface area contributed by atoms with Crippen LogP contribution in [0.2, 0.25) is 0 Å². The Morgan fingerprint density at radius 2 is 0.977 bits per heavy atom. The van der Waals surface area contributed by atoms with Gasteiger partial charge < -0.3 is 14.2 Å². The molecule has 0 aliphatic carbocycles. The highest BCUT2D eigenvalue weighted by Gasteiger charge is 2.13. The number of aryl methyl sites for hydroxylation is 9. The molecule has 0 radical (unpaired) electrons. The van der Waals surface area contributed by atoms with Crippen LogP contribution >= 0.6 is 0 Å². The summed E-state index contributed by atoms with van der Waals surface area (Å²) in [5.74, 6) is 0.523. The van der Waals surface area contributed by atoms with E-state index in [1.54, 1.807) is 18.2 Å². The maximum atomic E-state index is 12.5. The molecule has 224 valence electrons. The predicted molar refractivity (Wildman–Crippen MR) is 163 cm³/mol.